The molecule has 8 nitrogen and oxygen atoms in total. The molecule has 1 aliphatic rings. The van der Waals surface area contributed by atoms with Gasteiger partial charge >= 0.3 is 0 Å². The summed E-state index contributed by atoms with van der Waals surface area (Å²) < 4.78 is 0. The molecule has 4 rings (SSSR count). The standard InChI is InChI=1S/C23H30N8/c1-17-15-19(4-5-21(17)31-13-11-30(2)12-14-31)28-23-26-9-7-20(29-23)18-3-6-22(27-16-18)25-10-8-24/h3-7,9,15-16H,8,10-14,24H2,1-2H3,(H,25,27)(H,26,28,29). The minimum absolute atomic E-state index is 0.564. The maximum atomic E-state index is 5.52. The first-order valence-electron chi connectivity index (χ1n) is 10.7. The topological polar surface area (TPSA) is 95.2 Å². The fourth-order valence-electron chi connectivity index (χ4n) is 3.69. The fourth-order valence-corrected chi connectivity index (χ4v) is 3.69. The molecule has 0 spiro atoms. The van der Waals surface area contributed by atoms with Crippen LogP contribution < -0.4 is 21.3 Å². The minimum Gasteiger partial charge on any atom is -0.369 e. The van der Waals surface area contributed by atoms with Crippen LogP contribution in [-0.2, 0) is 0 Å². The molecule has 3 aromatic rings. The van der Waals surface area contributed by atoms with Crippen LogP contribution in [0.2, 0.25) is 0 Å². The molecule has 162 valence electrons. The van der Waals surface area contributed by atoms with E-state index in [1.54, 1.807) is 12.4 Å². The summed E-state index contributed by atoms with van der Waals surface area (Å²) in [6, 6.07) is 12.2. The number of nitrogens with one attached hydrogen (secondary N) is 2. The Morgan fingerprint density at radius 1 is 1.03 bits per heavy atom. The summed E-state index contributed by atoms with van der Waals surface area (Å²) in [4.78, 5) is 18.3. The summed E-state index contributed by atoms with van der Waals surface area (Å²) in [5, 5.41) is 6.50. The van der Waals surface area contributed by atoms with Crippen LogP contribution in [0, 0.1) is 6.92 Å². The number of aromatic nitrogens is 3. The van der Waals surface area contributed by atoms with E-state index in [0.717, 1.165) is 48.9 Å². The summed E-state index contributed by atoms with van der Waals surface area (Å²) in [6.07, 6.45) is 3.57. The highest BCUT2D eigenvalue weighted by molar-refractivity contribution is 5.65. The first-order chi connectivity index (χ1) is 15.1. The van der Waals surface area contributed by atoms with E-state index in [0.29, 0.717) is 19.0 Å². The second-order valence-electron chi connectivity index (χ2n) is 7.83. The average Bonchev–Trinajstić information content (AvgIpc) is 2.79. The largest absolute Gasteiger partial charge is 0.369 e. The third kappa shape index (κ3) is 5.28. The molecule has 0 bridgehead atoms. The second-order valence-corrected chi connectivity index (χ2v) is 7.83. The molecule has 31 heavy (non-hydrogen) atoms. The number of likely N-dealkylation sites (N-methyl/N-ethyl adjacent to an activating group) is 1. The molecular weight excluding hydrogens is 388 g/mol. The summed E-state index contributed by atoms with van der Waals surface area (Å²) >= 11 is 0. The molecule has 3 heterocycles. The summed E-state index contributed by atoms with van der Waals surface area (Å²) in [6.45, 7) is 7.73. The molecule has 0 atom stereocenters. The van der Waals surface area contributed by atoms with Crippen molar-refractivity contribution in [1.82, 2.24) is 19.9 Å². The quantitative estimate of drug-likeness (QED) is 0.539. The third-order valence-corrected chi connectivity index (χ3v) is 5.46. The number of benzene rings is 1. The number of rotatable bonds is 7. The van der Waals surface area contributed by atoms with Crippen LogP contribution in [0.15, 0.2) is 48.8 Å². The van der Waals surface area contributed by atoms with Gasteiger partial charge in [0, 0.05) is 68.6 Å². The van der Waals surface area contributed by atoms with Gasteiger partial charge in [0.25, 0.3) is 0 Å². The van der Waals surface area contributed by atoms with Gasteiger partial charge in [-0.15, -0.1) is 0 Å². The van der Waals surface area contributed by atoms with Gasteiger partial charge in [-0.05, 0) is 55.9 Å². The van der Waals surface area contributed by atoms with Gasteiger partial charge in [0.2, 0.25) is 5.95 Å². The molecule has 0 unspecified atom stereocenters. The van der Waals surface area contributed by atoms with Crippen LogP contribution in [0.5, 0.6) is 0 Å². The first kappa shape index (κ1) is 21.0. The van der Waals surface area contributed by atoms with E-state index >= 15 is 0 Å². The zero-order chi connectivity index (χ0) is 21.6. The van der Waals surface area contributed by atoms with Crippen molar-refractivity contribution in [2.75, 3.05) is 61.8 Å². The lowest BCUT2D eigenvalue weighted by Crippen LogP contribution is -2.44. The lowest BCUT2D eigenvalue weighted by Gasteiger charge is -2.35. The molecule has 1 aliphatic heterocycles. The van der Waals surface area contributed by atoms with E-state index in [1.165, 1.54) is 11.3 Å². The lowest BCUT2D eigenvalue weighted by atomic mass is 10.1. The molecule has 1 fully saturated rings. The monoisotopic (exact) mass is 418 g/mol. The number of hydrogen-bond acceptors (Lipinski definition) is 8. The summed E-state index contributed by atoms with van der Waals surface area (Å²) in [7, 11) is 2.18. The average molecular weight is 419 g/mol. The molecule has 0 amide bonds. The Hall–Kier alpha value is -3.23. The third-order valence-electron chi connectivity index (χ3n) is 5.46. The molecule has 1 saturated heterocycles. The Kier molecular flexibility index (Phi) is 6.59. The van der Waals surface area contributed by atoms with E-state index in [-0.39, 0.29) is 0 Å². The number of nitrogens with zero attached hydrogens (tertiary/aromatic N) is 5. The SMILES string of the molecule is Cc1cc(Nc2nccc(-c3ccc(NCCN)nc3)n2)ccc1N1CCN(C)CC1. The van der Waals surface area contributed by atoms with Crippen LogP contribution >= 0.6 is 0 Å². The highest BCUT2D eigenvalue weighted by Crippen LogP contribution is 2.26. The molecule has 8 heteroatoms. The van der Waals surface area contributed by atoms with Crippen molar-refractivity contribution in [2.45, 2.75) is 6.92 Å². The Labute approximate surface area is 183 Å². The number of hydrogen-bond donors (Lipinski definition) is 3. The van der Waals surface area contributed by atoms with E-state index in [2.05, 4.69) is 67.6 Å². The zero-order valence-electron chi connectivity index (χ0n) is 18.2. The van der Waals surface area contributed by atoms with Crippen molar-refractivity contribution in [2.24, 2.45) is 5.73 Å². The van der Waals surface area contributed by atoms with Crippen LogP contribution in [0.3, 0.4) is 0 Å². The van der Waals surface area contributed by atoms with Gasteiger partial charge in [-0.1, -0.05) is 0 Å². The molecule has 0 radical (unpaired) electrons. The smallest absolute Gasteiger partial charge is 0.227 e. The fraction of sp³-hybridized carbons (Fsp3) is 0.348. The van der Waals surface area contributed by atoms with Crippen LogP contribution in [0.1, 0.15) is 5.56 Å². The minimum atomic E-state index is 0.564. The van der Waals surface area contributed by atoms with Gasteiger partial charge in [0.15, 0.2) is 0 Å². The van der Waals surface area contributed by atoms with E-state index < -0.39 is 0 Å². The van der Waals surface area contributed by atoms with Gasteiger partial charge in [0.05, 0.1) is 5.69 Å². The maximum Gasteiger partial charge on any atom is 0.227 e. The number of nitrogens with two attached hydrogens (primary N) is 1. The van der Waals surface area contributed by atoms with E-state index in [4.69, 9.17) is 5.73 Å². The Morgan fingerprint density at radius 2 is 1.87 bits per heavy atom. The number of pyridine rings is 1. The van der Waals surface area contributed by atoms with Crippen LogP contribution in [0.4, 0.5) is 23.1 Å². The van der Waals surface area contributed by atoms with Crippen molar-refractivity contribution in [3.8, 4) is 11.3 Å². The van der Waals surface area contributed by atoms with Crippen LogP contribution in [-0.4, -0.2) is 66.2 Å². The Balaban J connectivity index is 1.45. The highest BCUT2D eigenvalue weighted by atomic mass is 15.2. The number of aryl methyl sites for hydroxylation is 1. The summed E-state index contributed by atoms with van der Waals surface area (Å²) in [5.41, 5.74) is 10.8. The van der Waals surface area contributed by atoms with Gasteiger partial charge in [0.1, 0.15) is 5.82 Å². The van der Waals surface area contributed by atoms with Gasteiger partial charge in [-0.2, -0.15) is 0 Å². The normalized spacial score (nSPS) is 14.5. The van der Waals surface area contributed by atoms with E-state index in [9.17, 15) is 0 Å². The van der Waals surface area contributed by atoms with Crippen molar-refractivity contribution in [3.63, 3.8) is 0 Å². The molecule has 4 N–H and O–H groups in total. The molecule has 1 aromatic carbocycles. The van der Waals surface area contributed by atoms with Crippen LogP contribution in [0.25, 0.3) is 11.3 Å². The zero-order valence-corrected chi connectivity index (χ0v) is 18.2. The van der Waals surface area contributed by atoms with E-state index in [1.807, 2.05) is 18.2 Å². The van der Waals surface area contributed by atoms with Gasteiger partial charge in [-0.3, -0.25) is 0 Å². The second kappa shape index (κ2) is 9.72. The highest BCUT2D eigenvalue weighted by Gasteiger charge is 2.16. The predicted molar refractivity (Wildman–Crippen MR) is 127 cm³/mol. The lowest BCUT2D eigenvalue weighted by molar-refractivity contribution is 0.312. The van der Waals surface area contributed by atoms with Crippen molar-refractivity contribution in [1.29, 1.82) is 0 Å². The molecular formula is C23H30N8. The Morgan fingerprint density at radius 3 is 2.58 bits per heavy atom. The van der Waals surface area contributed by atoms with Gasteiger partial charge < -0.3 is 26.2 Å². The Bertz CT molecular complexity index is 997. The van der Waals surface area contributed by atoms with Crippen molar-refractivity contribution < 1.29 is 0 Å². The van der Waals surface area contributed by atoms with Crippen molar-refractivity contribution in [3.05, 3.63) is 54.4 Å². The maximum absolute atomic E-state index is 5.52. The predicted octanol–water partition coefficient (Wildman–Crippen LogP) is 2.71. The number of anilines is 4. The molecule has 2 aromatic heterocycles. The van der Waals surface area contributed by atoms with Crippen molar-refractivity contribution >= 4 is 23.1 Å². The molecule has 0 saturated carbocycles. The first-order valence-corrected chi connectivity index (χ1v) is 10.7. The van der Waals surface area contributed by atoms with Gasteiger partial charge in [-0.25, -0.2) is 15.0 Å². The number of piperazine rings is 1. The molecule has 0 aliphatic carbocycles. The summed E-state index contributed by atoms with van der Waals surface area (Å²) in [5.74, 6) is 1.37.